The van der Waals surface area contributed by atoms with Crippen molar-refractivity contribution in [3.05, 3.63) is 58.3 Å². The standard InChI is InChI=1S/C20H20N2O4S/c1-3-26-19(25)20(12-8-5-4-6-9-12)15-14(17(23)22(2)18(15)24)16(21-20)13-10-7-11-27-13/h4-11,14-16,21H,3H2,1-2H3/t14-,15-,16-,20-/m0/s1. The zero-order valence-corrected chi connectivity index (χ0v) is 15.9. The second-order valence-corrected chi connectivity index (χ2v) is 7.75. The molecule has 7 heteroatoms. The average Bonchev–Trinajstić information content (AvgIpc) is 3.37. The van der Waals surface area contributed by atoms with E-state index in [-0.39, 0.29) is 18.4 Å². The van der Waals surface area contributed by atoms with Gasteiger partial charge in [-0.05, 0) is 23.9 Å². The highest BCUT2D eigenvalue weighted by Gasteiger charge is 2.69. The summed E-state index contributed by atoms with van der Waals surface area (Å²) in [6, 6.07) is 12.5. The van der Waals surface area contributed by atoms with Gasteiger partial charge in [-0.1, -0.05) is 36.4 Å². The Kier molecular flexibility index (Phi) is 4.36. The monoisotopic (exact) mass is 384 g/mol. The second-order valence-electron chi connectivity index (χ2n) is 6.77. The lowest BCUT2D eigenvalue weighted by Crippen LogP contribution is -2.53. The van der Waals surface area contributed by atoms with Crippen LogP contribution in [0.1, 0.15) is 23.4 Å². The Morgan fingerprint density at radius 3 is 2.56 bits per heavy atom. The molecule has 2 aliphatic rings. The fraction of sp³-hybridized carbons (Fsp3) is 0.350. The highest BCUT2D eigenvalue weighted by molar-refractivity contribution is 7.10. The molecule has 0 spiro atoms. The molecule has 2 saturated heterocycles. The molecule has 6 nitrogen and oxygen atoms in total. The number of nitrogens with zero attached hydrogens (tertiary/aromatic N) is 1. The Bertz CT molecular complexity index is 883. The number of rotatable bonds is 4. The van der Waals surface area contributed by atoms with Gasteiger partial charge in [0.15, 0.2) is 5.54 Å². The smallest absolute Gasteiger partial charge is 0.331 e. The molecule has 1 aromatic heterocycles. The molecule has 27 heavy (non-hydrogen) atoms. The lowest BCUT2D eigenvalue weighted by Gasteiger charge is -2.32. The number of amides is 2. The van der Waals surface area contributed by atoms with Crippen molar-refractivity contribution in [1.29, 1.82) is 0 Å². The van der Waals surface area contributed by atoms with Gasteiger partial charge in [0.25, 0.3) is 0 Å². The molecule has 2 aromatic rings. The second kappa shape index (κ2) is 6.58. The minimum absolute atomic E-state index is 0.189. The van der Waals surface area contributed by atoms with Crippen LogP contribution in [-0.2, 0) is 24.7 Å². The number of carbonyl (C=O) groups excluding carboxylic acids is 3. The van der Waals surface area contributed by atoms with Gasteiger partial charge in [-0.25, -0.2) is 4.79 Å². The highest BCUT2D eigenvalue weighted by atomic mass is 32.1. The molecule has 0 unspecified atom stereocenters. The molecule has 140 valence electrons. The van der Waals surface area contributed by atoms with E-state index in [9.17, 15) is 14.4 Å². The van der Waals surface area contributed by atoms with Crippen molar-refractivity contribution < 1.29 is 19.1 Å². The van der Waals surface area contributed by atoms with Gasteiger partial charge >= 0.3 is 5.97 Å². The van der Waals surface area contributed by atoms with Crippen LogP contribution in [0.2, 0.25) is 0 Å². The normalized spacial score (nSPS) is 29.9. The van der Waals surface area contributed by atoms with Gasteiger partial charge in [-0.2, -0.15) is 0 Å². The molecule has 0 bridgehead atoms. The number of fused-ring (bicyclic) bond motifs is 1. The van der Waals surface area contributed by atoms with Gasteiger partial charge in [-0.3, -0.25) is 19.8 Å². The first kappa shape index (κ1) is 17.9. The van der Waals surface area contributed by atoms with Crippen molar-refractivity contribution in [2.75, 3.05) is 13.7 Å². The Morgan fingerprint density at radius 1 is 1.19 bits per heavy atom. The van der Waals surface area contributed by atoms with E-state index in [1.165, 1.54) is 18.4 Å². The van der Waals surface area contributed by atoms with Gasteiger partial charge in [0.2, 0.25) is 11.8 Å². The van der Waals surface area contributed by atoms with Crippen molar-refractivity contribution in [3.63, 3.8) is 0 Å². The van der Waals surface area contributed by atoms with Gasteiger partial charge < -0.3 is 4.74 Å². The minimum atomic E-state index is -1.39. The predicted molar refractivity (Wildman–Crippen MR) is 99.7 cm³/mol. The fourth-order valence-electron chi connectivity index (χ4n) is 4.28. The molecular formula is C20H20N2O4S. The SMILES string of the molecule is CCOC(=O)[C@@]1(c2ccccc2)N[C@@H](c2cccs2)[C@H]2C(=O)N(C)C(=O)[C@H]21. The zero-order valence-electron chi connectivity index (χ0n) is 15.0. The lowest BCUT2D eigenvalue weighted by atomic mass is 9.75. The van der Waals surface area contributed by atoms with E-state index >= 15 is 0 Å². The Labute approximate surface area is 161 Å². The minimum Gasteiger partial charge on any atom is -0.464 e. The van der Waals surface area contributed by atoms with Gasteiger partial charge in [-0.15, -0.1) is 11.3 Å². The summed E-state index contributed by atoms with van der Waals surface area (Å²) >= 11 is 1.50. The van der Waals surface area contributed by atoms with Gasteiger partial charge in [0.05, 0.1) is 24.5 Å². The molecule has 3 heterocycles. The molecule has 4 atom stereocenters. The number of esters is 1. The maximum atomic E-state index is 13.2. The van der Waals surface area contributed by atoms with E-state index in [0.29, 0.717) is 5.56 Å². The van der Waals surface area contributed by atoms with Crippen LogP contribution in [0, 0.1) is 11.8 Å². The third-order valence-corrected chi connectivity index (χ3v) is 6.41. The van der Waals surface area contributed by atoms with E-state index in [1.807, 2.05) is 35.7 Å². The van der Waals surface area contributed by atoms with Crippen molar-refractivity contribution in [2.24, 2.45) is 11.8 Å². The summed E-state index contributed by atoms with van der Waals surface area (Å²) in [5, 5.41) is 5.28. The number of likely N-dealkylation sites (tertiary alicyclic amines) is 1. The van der Waals surface area contributed by atoms with Crippen molar-refractivity contribution >= 4 is 29.1 Å². The molecule has 2 fully saturated rings. The van der Waals surface area contributed by atoms with E-state index in [1.54, 1.807) is 19.1 Å². The summed E-state index contributed by atoms with van der Waals surface area (Å²) in [5.41, 5.74) is -0.761. The fourth-order valence-corrected chi connectivity index (χ4v) is 5.10. The molecule has 0 aliphatic carbocycles. The maximum Gasteiger partial charge on any atom is 0.331 e. The zero-order chi connectivity index (χ0) is 19.2. The first-order valence-corrected chi connectivity index (χ1v) is 9.75. The van der Waals surface area contributed by atoms with Crippen molar-refractivity contribution in [2.45, 2.75) is 18.5 Å². The van der Waals surface area contributed by atoms with Gasteiger partial charge in [0, 0.05) is 11.9 Å². The topological polar surface area (TPSA) is 75.7 Å². The van der Waals surface area contributed by atoms with E-state index in [2.05, 4.69) is 5.32 Å². The highest BCUT2D eigenvalue weighted by Crippen LogP contribution is 2.53. The largest absolute Gasteiger partial charge is 0.464 e. The number of hydrogen-bond acceptors (Lipinski definition) is 6. The summed E-state index contributed by atoms with van der Waals surface area (Å²) in [7, 11) is 1.48. The van der Waals surface area contributed by atoms with Crippen LogP contribution in [0.25, 0.3) is 0 Å². The van der Waals surface area contributed by atoms with Crippen molar-refractivity contribution in [1.82, 2.24) is 10.2 Å². The maximum absolute atomic E-state index is 13.2. The number of carbonyl (C=O) groups is 3. The molecule has 1 N–H and O–H groups in total. The predicted octanol–water partition coefficient (Wildman–Crippen LogP) is 2.08. The van der Waals surface area contributed by atoms with Crippen LogP contribution in [-0.4, -0.2) is 36.3 Å². The summed E-state index contributed by atoms with van der Waals surface area (Å²) in [6.45, 7) is 1.92. The first-order valence-electron chi connectivity index (χ1n) is 8.87. The lowest BCUT2D eigenvalue weighted by molar-refractivity contribution is -0.156. The summed E-state index contributed by atoms with van der Waals surface area (Å²) in [4.78, 5) is 41.3. The third kappa shape index (κ3) is 2.45. The molecular weight excluding hydrogens is 364 g/mol. The molecule has 1 aromatic carbocycles. The van der Waals surface area contributed by atoms with E-state index in [0.717, 1.165) is 9.78 Å². The van der Waals surface area contributed by atoms with E-state index < -0.39 is 29.4 Å². The number of hydrogen-bond donors (Lipinski definition) is 1. The van der Waals surface area contributed by atoms with Crippen LogP contribution in [0.4, 0.5) is 0 Å². The Balaban J connectivity index is 1.93. The van der Waals surface area contributed by atoms with Crippen LogP contribution in [0.5, 0.6) is 0 Å². The number of thiophene rings is 1. The third-order valence-electron chi connectivity index (χ3n) is 5.46. The average molecular weight is 384 g/mol. The summed E-state index contributed by atoms with van der Waals surface area (Å²) in [6.07, 6.45) is 0. The molecule has 0 saturated carbocycles. The Morgan fingerprint density at radius 2 is 1.93 bits per heavy atom. The van der Waals surface area contributed by atoms with Crippen LogP contribution in [0.15, 0.2) is 47.8 Å². The molecule has 2 amide bonds. The van der Waals surface area contributed by atoms with Crippen LogP contribution < -0.4 is 5.32 Å². The van der Waals surface area contributed by atoms with Crippen LogP contribution in [0.3, 0.4) is 0 Å². The molecule has 2 aliphatic heterocycles. The van der Waals surface area contributed by atoms with Crippen LogP contribution >= 0.6 is 11.3 Å². The quantitative estimate of drug-likeness (QED) is 0.645. The number of ether oxygens (including phenoxy) is 1. The van der Waals surface area contributed by atoms with Crippen molar-refractivity contribution in [3.8, 4) is 0 Å². The summed E-state index contributed by atoms with van der Waals surface area (Å²) in [5.74, 6) is -2.64. The Hall–Kier alpha value is -2.51. The number of imide groups is 1. The first-order chi connectivity index (χ1) is 13.0. The van der Waals surface area contributed by atoms with E-state index in [4.69, 9.17) is 4.74 Å². The number of benzene rings is 1. The van der Waals surface area contributed by atoms with Gasteiger partial charge in [0.1, 0.15) is 0 Å². The molecule has 0 radical (unpaired) electrons. The number of nitrogens with one attached hydrogen (secondary N) is 1. The molecule has 4 rings (SSSR count). The summed E-state index contributed by atoms with van der Waals surface area (Å²) < 4.78 is 5.40.